The Bertz CT molecular complexity index is 942. The largest absolute Gasteiger partial charge is 0.463 e. The van der Waals surface area contributed by atoms with Crippen molar-refractivity contribution in [1.29, 1.82) is 0 Å². The van der Waals surface area contributed by atoms with Gasteiger partial charge >= 0.3 is 12.1 Å². The molecular formula is C42H75NO12. The lowest BCUT2D eigenvalue weighted by Gasteiger charge is -2.09. The maximum atomic E-state index is 11.9. The summed E-state index contributed by atoms with van der Waals surface area (Å²) in [6.45, 7) is 10.5. The van der Waals surface area contributed by atoms with E-state index in [1.807, 2.05) is 30.3 Å². The highest BCUT2D eigenvalue weighted by Gasteiger charge is 2.04. The van der Waals surface area contributed by atoms with Crippen LogP contribution in [0.25, 0.3) is 0 Å². The Morgan fingerprint density at radius 1 is 0.436 bits per heavy atom. The van der Waals surface area contributed by atoms with Crippen molar-refractivity contribution in [2.24, 2.45) is 0 Å². The fourth-order valence-electron chi connectivity index (χ4n) is 5.21. The molecule has 0 aromatic heterocycles. The average Bonchev–Trinajstić information content (AvgIpc) is 3.20. The molecule has 0 aliphatic carbocycles. The van der Waals surface area contributed by atoms with E-state index in [2.05, 4.69) is 12.2 Å². The third-order valence-corrected chi connectivity index (χ3v) is 8.31. The Hall–Kier alpha value is -2.36. The van der Waals surface area contributed by atoms with Crippen LogP contribution in [0.4, 0.5) is 4.79 Å². The Morgan fingerprint density at radius 2 is 0.800 bits per heavy atom. The van der Waals surface area contributed by atoms with Gasteiger partial charge < -0.3 is 52.7 Å². The highest BCUT2D eigenvalue weighted by molar-refractivity contribution is 5.69. The Kier molecular flexibility index (Phi) is 39.4. The maximum Gasteiger partial charge on any atom is 0.407 e. The van der Waals surface area contributed by atoms with Crippen molar-refractivity contribution >= 4 is 12.1 Å². The van der Waals surface area contributed by atoms with Gasteiger partial charge in [0.2, 0.25) is 0 Å². The van der Waals surface area contributed by atoms with Crippen molar-refractivity contribution in [3.63, 3.8) is 0 Å². The minimum atomic E-state index is -0.470. The van der Waals surface area contributed by atoms with Gasteiger partial charge in [-0.05, 0) is 12.0 Å². The first-order valence-electron chi connectivity index (χ1n) is 20.9. The fraction of sp³-hybridized carbons (Fsp3) is 0.810. The van der Waals surface area contributed by atoms with Crippen molar-refractivity contribution < 1.29 is 57.0 Å². The van der Waals surface area contributed by atoms with Gasteiger partial charge in [0.15, 0.2) is 0 Å². The quantitative estimate of drug-likeness (QED) is 0.0536. The van der Waals surface area contributed by atoms with Crippen LogP contribution in [0.15, 0.2) is 30.3 Å². The molecule has 0 fully saturated rings. The highest BCUT2D eigenvalue weighted by Crippen LogP contribution is 2.13. The molecule has 55 heavy (non-hydrogen) atoms. The van der Waals surface area contributed by atoms with Gasteiger partial charge in [0.25, 0.3) is 0 Å². The smallest absolute Gasteiger partial charge is 0.407 e. The first-order chi connectivity index (χ1) is 27.2. The number of unbranched alkanes of at least 4 members (excludes halogenated alkanes) is 12. The molecule has 0 aliphatic rings. The lowest BCUT2D eigenvalue weighted by molar-refractivity contribution is -0.145. The van der Waals surface area contributed by atoms with Crippen molar-refractivity contribution in [1.82, 2.24) is 5.32 Å². The number of carbonyl (C=O) groups is 2. The molecule has 0 spiro atoms. The molecular weight excluding hydrogens is 710 g/mol. The van der Waals surface area contributed by atoms with E-state index in [-0.39, 0.29) is 19.2 Å². The summed E-state index contributed by atoms with van der Waals surface area (Å²) in [6, 6.07) is 9.51. The van der Waals surface area contributed by atoms with Gasteiger partial charge in [-0.25, -0.2) is 4.79 Å². The summed E-state index contributed by atoms with van der Waals surface area (Å²) in [7, 11) is 0. The lowest BCUT2D eigenvalue weighted by Crippen LogP contribution is -2.28. The second-order valence-electron chi connectivity index (χ2n) is 13.1. The summed E-state index contributed by atoms with van der Waals surface area (Å²) in [6.07, 6.45) is 16.8. The number of nitrogens with one attached hydrogen (secondary N) is 1. The predicted octanol–water partition coefficient (Wildman–Crippen LogP) is 7.07. The first-order valence-corrected chi connectivity index (χ1v) is 20.9. The van der Waals surface area contributed by atoms with E-state index in [0.29, 0.717) is 119 Å². The minimum Gasteiger partial charge on any atom is -0.463 e. The molecule has 0 saturated heterocycles. The van der Waals surface area contributed by atoms with Crippen LogP contribution in [0, 0.1) is 0 Å². The van der Waals surface area contributed by atoms with Crippen molar-refractivity contribution in [2.45, 2.75) is 103 Å². The van der Waals surface area contributed by atoms with Crippen molar-refractivity contribution in [3.8, 4) is 0 Å². The number of carbonyl (C=O) groups excluding carboxylic acids is 2. The van der Waals surface area contributed by atoms with Crippen molar-refractivity contribution in [2.75, 3.05) is 119 Å². The number of alkyl carbamates (subject to hydrolysis) is 1. The van der Waals surface area contributed by atoms with E-state index < -0.39 is 6.09 Å². The van der Waals surface area contributed by atoms with E-state index in [9.17, 15) is 9.59 Å². The predicted molar refractivity (Wildman–Crippen MR) is 212 cm³/mol. The molecule has 1 amide bonds. The third kappa shape index (κ3) is 39.7. The number of rotatable bonds is 43. The number of esters is 1. The molecule has 0 aliphatic heterocycles. The monoisotopic (exact) mass is 786 g/mol. The van der Waals surface area contributed by atoms with E-state index >= 15 is 0 Å². The maximum absolute atomic E-state index is 11.9. The van der Waals surface area contributed by atoms with Crippen LogP contribution in [0.2, 0.25) is 0 Å². The summed E-state index contributed by atoms with van der Waals surface area (Å²) in [5.41, 5.74) is 0.937. The molecule has 0 atom stereocenters. The molecule has 13 heteroatoms. The van der Waals surface area contributed by atoms with Crippen LogP contribution in [0.3, 0.4) is 0 Å². The third-order valence-electron chi connectivity index (χ3n) is 8.31. The van der Waals surface area contributed by atoms with Crippen LogP contribution in [0.5, 0.6) is 0 Å². The molecule has 320 valence electrons. The van der Waals surface area contributed by atoms with Crippen LogP contribution in [-0.4, -0.2) is 131 Å². The zero-order valence-electron chi connectivity index (χ0n) is 34.1. The second-order valence-corrected chi connectivity index (χ2v) is 13.1. The van der Waals surface area contributed by atoms with Gasteiger partial charge in [-0.1, -0.05) is 114 Å². The molecule has 1 aromatic carbocycles. The molecule has 1 rings (SSSR count). The first kappa shape index (κ1) is 50.7. The topological polar surface area (TPSA) is 138 Å². The number of ether oxygens (including phenoxy) is 10. The van der Waals surface area contributed by atoms with Crippen molar-refractivity contribution in [3.05, 3.63) is 35.9 Å². The Labute approximate surface area is 332 Å². The lowest BCUT2D eigenvalue weighted by atomic mass is 10.0. The van der Waals surface area contributed by atoms with Gasteiger partial charge in [-0.15, -0.1) is 0 Å². The minimum absolute atomic E-state index is 0.136. The summed E-state index contributed by atoms with van der Waals surface area (Å²) >= 11 is 0. The second kappa shape index (κ2) is 42.8. The summed E-state index contributed by atoms with van der Waals surface area (Å²) in [5.74, 6) is -0.136. The standard InChI is InChI=1S/C42H75NO12/c1-2-3-4-5-6-7-8-9-10-11-12-13-17-20-41(44)54-38-37-53-36-35-52-34-33-51-32-31-50-30-29-49-28-27-48-26-25-47-24-23-46-22-21-43-42(45)55-39-40-18-15-14-16-19-40/h14-16,18-19H,2-13,17,20-39H2,1H3,(H,43,45). The Balaban J connectivity index is 1.65. The van der Waals surface area contributed by atoms with Gasteiger partial charge in [-0.2, -0.15) is 0 Å². The molecule has 0 radical (unpaired) electrons. The molecule has 0 saturated carbocycles. The van der Waals surface area contributed by atoms with Crippen LogP contribution >= 0.6 is 0 Å². The summed E-state index contributed by atoms with van der Waals surface area (Å²) < 4.78 is 54.2. The normalized spacial score (nSPS) is 11.2. The average molecular weight is 786 g/mol. The van der Waals surface area contributed by atoms with Crippen LogP contribution in [0.1, 0.15) is 102 Å². The number of hydrogen-bond donors (Lipinski definition) is 1. The molecule has 0 heterocycles. The van der Waals surface area contributed by atoms with E-state index in [0.717, 1.165) is 18.4 Å². The van der Waals surface area contributed by atoms with Crippen LogP contribution < -0.4 is 5.32 Å². The molecule has 1 aromatic rings. The molecule has 0 bridgehead atoms. The molecule has 13 nitrogen and oxygen atoms in total. The molecule has 0 unspecified atom stereocenters. The Morgan fingerprint density at radius 3 is 1.22 bits per heavy atom. The molecule has 1 N–H and O–H groups in total. The highest BCUT2D eigenvalue weighted by atomic mass is 16.6. The zero-order chi connectivity index (χ0) is 39.4. The van der Waals surface area contributed by atoms with Crippen LogP contribution in [-0.2, 0) is 58.8 Å². The van der Waals surface area contributed by atoms with E-state index in [1.165, 1.54) is 70.6 Å². The van der Waals surface area contributed by atoms with E-state index in [4.69, 9.17) is 47.4 Å². The summed E-state index contributed by atoms with van der Waals surface area (Å²) in [4.78, 5) is 23.5. The van der Waals surface area contributed by atoms with Gasteiger partial charge in [0.05, 0.1) is 106 Å². The van der Waals surface area contributed by atoms with Gasteiger partial charge in [-0.3, -0.25) is 4.79 Å². The van der Waals surface area contributed by atoms with Gasteiger partial charge in [0.1, 0.15) is 13.2 Å². The zero-order valence-corrected chi connectivity index (χ0v) is 34.1. The number of hydrogen-bond acceptors (Lipinski definition) is 12. The number of amides is 1. The van der Waals surface area contributed by atoms with E-state index in [1.54, 1.807) is 0 Å². The summed E-state index contributed by atoms with van der Waals surface area (Å²) in [5, 5.41) is 2.65. The SMILES string of the molecule is CCCCCCCCCCCCCCCC(=O)OCCOCCOCCOCCOCCOCCOCCOCCOCCNC(=O)OCc1ccccc1. The van der Waals surface area contributed by atoms with Gasteiger partial charge in [0, 0.05) is 13.0 Å². The fourth-order valence-corrected chi connectivity index (χ4v) is 5.21. The number of benzene rings is 1.